The Labute approximate surface area is 196 Å². The summed E-state index contributed by atoms with van der Waals surface area (Å²) in [6.45, 7) is 20.1. The summed E-state index contributed by atoms with van der Waals surface area (Å²) in [6, 6.07) is 0. The van der Waals surface area contributed by atoms with Crippen LogP contribution < -0.4 is 0 Å². The standard InChI is InChI=1S/C29H46O3/c1-19(2)22-10-8-9-21(28(22,6)18-16-26(31)32)12-13-23-20(3)11-14-24-27(4,5)25(30)15-17-29(23,24)7/h21-24H,1,3,8-18H2,2,4-7H3,(H,31,32)/t21-,22+,23+,24+,28-,29-/m1/s1. The highest BCUT2D eigenvalue weighted by molar-refractivity contribution is 5.85. The molecule has 0 heterocycles. The number of carbonyl (C=O) groups excluding carboxylic acids is 1. The first-order chi connectivity index (χ1) is 14.8. The predicted octanol–water partition coefficient (Wildman–Crippen LogP) is 7.61. The number of hydrogen-bond donors (Lipinski definition) is 1. The molecule has 180 valence electrons. The van der Waals surface area contributed by atoms with Crippen LogP contribution in [0.2, 0.25) is 0 Å². The third kappa shape index (κ3) is 4.38. The van der Waals surface area contributed by atoms with Gasteiger partial charge in [0, 0.05) is 18.3 Å². The van der Waals surface area contributed by atoms with E-state index in [0.29, 0.717) is 35.9 Å². The zero-order valence-corrected chi connectivity index (χ0v) is 21.3. The Hall–Kier alpha value is -1.38. The minimum Gasteiger partial charge on any atom is -0.481 e. The smallest absolute Gasteiger partial charge is 0.303 e. The lowest BCUT2D eigenvalue weighted by molar-refractivity contribution is -0.145. The van der Waals surface area contributed by atoms with Gasteiger partial charge in [-0.2, -0.15) is 0 Å². The summed E-state index contributed by atoms with van der Waals surface area (Å²) >= 11 is 0. The van der Waals surface area contributed by atoms with E-state index in [-0.39, 0.29) is 22.7 Å². The number of carboxylic acids is 1. The molecule has 0 aliphatic heterocycles. The molecule has 6 atom stereocenters. The molecule has 0 aromatic carbocycles. The van der Waals surface area contributed by atoms with Gasteiger partial charge in [0.15, 0.2) is 0 Å². The Balaban J connectivity index is 1.82. The SMILES string of the molecule is C=C(C)[C@@H]1CCC[C@H](CC[C@H]2C(=C)CC[C@H]3C(C)(C)C(=O)CC[C@]23C)[C@@]1(C)CCC(=O)O. The highest BCUT2D eigenvalue weighted by atomic mass is 16.4. The lowest BCUT2D eigenvalue weighted by atomic mass is 9.46. The van der Waals surface area contributed by atoms with Crippen LogP contribution in [0, 0.1) is 39.9 Å². The molecule has 3 rings (SSSR count). The van der Waals surface area contributed by atoms with Crippen LogP contribution in [0.25, 0.3) is 0 Å². The summed E-state index contributed by atoms with van der Waals surface area (Å²) in [5, 5.41) is 9.41. The first-order valence-electron chi connectivity index (χ1n) is 12.9. The summed E-state index contributed by atoms with van der Waals surface area (Å²) in [7, 11) is 0. The van der Waals surface area contributed by atoms with Crippen LogP contribution in [0.1, 0.15) is 105 Å². The van der Waals surface area contributed by atoms with Crippen LogP contribution in [0.3, 0.4) is 0 Å². The number of carboxylic acid groups (broad SMARTS) is 1. The van der Waals surface area contributed by atoms with Crippen molar-refractivity contribution in [1.82, 2.24) is 0 Å². The molecule has 3 aliphatic carbocycles. The van der Waals surface area contributed by atoms with Crippen molar-refractivity contribution < 1.29 is 14.7 Å². The van der Waals surface area contributed by atoms with E-state index < -0.39 is 5.97 Å². The topological polar surface area (TPSA) is 54.4 Å². The average molecular weight is 443 g/mol. The first-order valence-corrected chi connectivity index (χ1v) is 12.9. The predicted molar refractivity (Wildman–Crippen MR) is 131 cm³/mol. The van der Waals surface area contributed by atoms with Gasteiger partial charge in [-0.05, 0) is 92.8 Å². The quantitative estimate of drug-likeness (QED) is 0.413. The van der Waals surface area contributed by atoms with Crippen molar-refractivity contribution in [2.24, 2.45) is 39.9 Å². The molecule has 3 saturated carbocycles. The molecule has 3 fully saturated rings. The van der Waals surface area contributed by atoms with E-state index in [0.717, 1.165) is 44.9 Å². The van der Waals surface area contributed by atoms with Gasteiger partial charge in [-0.25, -0.2) is 0 Å². The molecule has 32 heavy (non-hydrogen) atoms. The number of hydrogen-bond acceptors (Lipinski definition) is 2. The molecule has 0 radical (unpaired) electrons. The Kier molecular flexibility index (Phi) is 7.18. The molecule has 3 aliphatic rings. The van der Waals surface area contributed by atoms with E-state index in [9.17, 15) is 14.7 Å². The summed E-state index contributed by atoms with van der Waals surface area (Å²) in [5.74, 6) is 1.56. The normalized spacial score (nSPS) is 39.4. The second kappa shape index (κ2) is 9.11. The Morgan fingerprint density at radius 3 is 2.41 bits per heavy atom. The van der Waals surface area contributed by atoms with Gasteiger partial charge < -0.3 is 5.11 Å². The molecule has 3 nitrogen and oxygen atoms in total. The van der Waals surface area contributed by atoms with E-state index in [1.807, 2.05) is 0 Å². The first kappa shape index (κ1) is 25.2. The van der Waals surface area contributed by atoms with Gasteiger partial charge in [0.25, 0.3) is 0 Å². The van der Waals surface area contributed by atoms with Gasteiger partial charge in [0.05, 0.1) is 0 Å². The number of Topliss-reactive ketones (excluding diaryl/α,β-unsaturated/α-hetero) is 1. The van der Waals surface area contributed by atoms with Gasteiger partial charge in [-0.1, -0.05) is 58.4 Å². The highest BCUT2D eigenvalue weighted by Crippen LogP contribution is 2.61. The number of fused-ring (bicyclic) bond motifs is 1. The van der Waals surface area contributed by atoms with Crippen molar-refractivity contribution in [2.45, 2.75) is 105 Å². The van der Waals surface area contributed by atoms with E-state index in [2.05, 4.69) is 47.8 Å². The van der Waals surface area contributed by atoms with Crippen LogP contribution in [-0.4, -0.2) is 16.9 Å². The fraction of sp³-hybridized carbons (Fsp3) is 0.793. The van der Waals surface area contributed by atoms with Gasteiger partial charge in [0.2, 0.25) is 0 Å². The van der Waals surface area contributed by atoms with Crippen molar-refractivity contribution in [3.8, 4) is 0 Å². The summed E-state index contributed by atoms with van der Waals surface area (Å²) in [5.41, 5.74) is 2.50. The Bertz CT molecular complexity index is 777. The zero-order valence-electron chi connectivity index (χ0n) is 21.3. The number of aliphatic carboxylic acids is 1. The average Bonchev–Trinajstić information content (AvgIpc) is 2.70. The second-order valence-electron chi connectivity index (χ2n) is 12.5. The van der Waals surface area contributed by atoms with Crippen LogP contribution in [-0.2, 0) is 9.59 Å². The van der Waals surface area contributed by atoms with E-state index in [1.54, 1.807) is 0 Å². The maximum Gasteiger partial charge on any atom is 0.303 e. The Morgan fingerprint density at radius 2 is 1.78 bits per heavy atom. The molecular formula is C29H46O3. The third-order valence-corrected chi connectivity index (χ3v) is 10.4. The maximum absolute atomic E-state index is 12.7. The number of ketones is 1. The minimum absolute atomic E-state index is 0.000577. The fourth-order valence-electron chi connectivity index (χ4n) is 8.43. The molecule has 0 amide bonds. The van der Waals surface area contributed by atoms with Crippen LogP contribution in [0.5, 0.6) is 0 Å². The largest absolute Gasteiger partial charge is 0.481 e. The van der Waals surface area contributed by atoms with Gasteiger partial charge in [-0.15, -0.1) is 0 Å². The third-order valence-electron chi connectivity index (χ3n) is 10.4. The van der Waals surface area contributed by atoms with Crippen LogP contribution in [0.15, 0.2) is 24.3 Å². The zero-order chi connectivity index (χ0) is 23.9. The van der Waals surface area contributed by atoms with E-state index in [4.69, 9.17) is 0 Å². The molecular weight excluding hydrogens is 396 g/mol. The van der Waals surface area contributed by atoms with Crippen molar-refractivity contribution in [2.75, 3.05) is 0 Å². The van der Waals surface area contributed by atoms with Crippen molar-refractivity contribution >= 4 is 11.8 Å². The lowest BCUT2D eigenvalue weighted by Gasteiger charge is -2.57. The summed E-state index contributed by atoms with van der Waals surface area (Å²) < 4.78 is 0. The molecule has 3 heteroatoms. The molecule has 0 aromatic rings. The van der Waals surface area contributed by atoms with Crippen molar-refractivity contribution in [3.05, 3.63) is 24.3 Å². The molecule has 0 spiro atoms. The number of carbonyl (C=O) groups is 2. The molecule has 0 bridgehead atoms. The lowest BCUT2D eigenvalue weighted by Crippen LogP contribution is -2.53. The fourth-order valence-corrected chi connectivity index (χ4v) is 8.43. The monoisotopic (exact) mass is 442 g/mol. The van der Waals surface area contributed by atoms with Crippen molar-refractivity contribution in [3.63, 3.8) is 0 Å². The van der Waals surface area contributed by atoms with Gasteiger partial charge in [-0.3, -0.25) is 9.59 Å². The number of allylic oxidation sites excluding steroid dienone is 2. The van der Waals surface area contributed by atoms with Crippen LogP contribution >= 0.6 is 0 Å². The van der Waals surface area contributed by atoms with Crippen LogP contribution in [0.4, 0.5) is 0 Å². The molecule has 1 N–H and O–H groups in total. The number of rotatable bonds is 7. The molecule has 0 unspecified atom stereocenters. The Morgan fingerprint density at radius 1 is 1.09 bits per heavy atom. The highest BCUT2D eigenvalue weighted by Gasteiger charge is 2.56. The minimum atomic E-state index is -0.693. The summed E-state index contributed by atoms with van der Waals surface area (Å²) in [6.07, 6.45) is 10.5. The second-order valence-corrected chi connectivity index (χ2v) is 12.5. The van der Waals surface area contributed by atoms with E-state index in [1.165, 1.54) is 24.0 Å². The van der Waals surface area contributed by atoms with Gasteiger partial charge in [0.1, 0.15) is 5.78 Å². The van der Waals surface area contributed by atoms with Crippen molar-refractivity contribution in [1.29, 1.82) is 0 Å². The molecule has 0 aromatic heterocycles. The summed E-state index contributed by atoms with van der Waals surface area (Å²) in [4.78, 5) is 24.2. The molecule has 0 saturated heterocycles. The van der Waals surface area contributed by atoms with E-state index >= 15 is 0 Å². The maximum atomic E-state index is 12.7. The van der Waals surface area contributed by atoms with Gasteiger partial charge >= 0.3 is 5.97 Å².